The first-order valence-electron chi connectivity index (χ1n) is 9.94. The largest absolute Gasteiger partial charge is 0.440 e. The highest BCUT2D eigenvalue weighted by Gasteiger charge is 2.21. The lowest BCUT2D eigenvalue weighted by molar-refractivity contribution is 0.239. The van der Waals surface area contributed by atoms with E-state index in [-0.39, 0.29) is 0 Å². The summed E-state index contributed by atoms with van der Waals surface area (Å²) in [5, 5.41) is 0. The summed E-state index contributed by atoms with van der Waals surface area (Å²) in [6.07, 6.45) is 6.31. The highest BCUT2D eigenvalue weighted by atomic mass is 16.4. The predicted molar refractivity (Wildman–Crippen MR) is 110 cm³/mol. The Hall–Kier alpha value is -2.92. The molecular weight excluding hydrogens is 348 g/mol. The van der Waals surface area contributed by atoms with Gasteiger partial charge in [0.1, 0.15) is 5.76 Å². The molecule has 5 nitrogen and oxygen atoms in total. The Kier molecular flexibility index (Phi) is 4.45. The van der Waals surface area contributed by atoms with Crippen molar-refractivity contribution in [3.05, 3.63) is 72.4 Å². The van der Waals surface area contributed by atoms with Crippen LogP contribution < -0.4 is 0 Å². The Balaban J connectivity index is 1.30. The maximum Gasteiger partial charge on any atom is 0.226 e. The highest BCUT2D eigenvalue weighted by molar-refractivity contribution is 5.75. The maximum absolute atomic E-state index is 6.02. The summed E-state index contributed by atoms with van der Waals surface area (Å²) in [6.45, 7) is 5.08. The second kappa shape index (κ2) is 7.24. The van der Waals surface area contributed by atoms with Crippen molar-refractivity contribution < 1.29 is 4.42 Å². The molecule has 2 aromatic carbocycles. The van der Waals surface area contributed by atoms with Crippen LogP contribution in [0, 0.1) is 0 Å². The Bertz CT molecular complexity index is 1080. The maximum atomic E-state index is 6.02. The summed E-state index contributed by atoms with van der Waals surface area (Å²) in [5.74, 6) is 1.64. The minimum Gasteiger partial charge on any atom is -0.440 e. The topological polar surface area (TPSA) is 47.1 Å². The average Bonchev–Trinajstić information content (AvgIpc) is 3.45. The van der Waals surface area contributed by atoms with Crippen LogP contribution in [-0.2, 0) is 13.1 Å². The van der Waals surface area contributed by atoms with Crippen molar-refractivity contribution in [1.29, 1.82) is 0 Å². The van der Waals surface area contributed by atoms with Crippen LogP contribution in [0.3, 0.4) is 0 Å². The molecule has 1 fully saturated rings. The standard InChI is InChI=1S/C23H24N4O/c1-17-5-4-12-26(17)15-20-13-24-23(28-20)19-10-8-18(9-11-19)14-27-16-25-21-6-2-3-7-22(21)27/h2-3,6-11,13,16-17H,4-5,12,14-15H2,1H3/t17-/m0/s1. The first-order valence-corrected chi connectivity index (χ1v) is 9.94. The van der Waals surface area contributed by atoms with Gasteiger partial charge < -0.3 is 8.98 Å². The summed E-state index contributed by atoms with van der Waals surface area (Å²) in [6, 6.07) is 17.3. The summed E-state index contributed by atoms with van der Waals surface area (Å²) in [5.41, 5.74) is 4.42. The van der Waals surface area contributed by atoms with Crippen LogP contribution in [0.25, 0.3) is 22.5 Å². The van der Waals surface area contributed by atoms with Crippen molar-refractivity contribution in [2.45, 2.75) is 38.9 Å². The van der Waals surface area contributed by atoms with Gasteiger partial charge >= 0.3 is 0 Å². The van der Waals surface area contributed by atoms with Crippen LogP contribution in [-0.4, -0.2) is 32.0 Å². The summed E-state index contributed by atoms with van der Waals surface area (Å²) in [4.78, 5) is 11.4. The van der Waals surface area contributed by atoms with E-state index in [2.05, 4.69) is 56.7 Å². The van der Waals surface area contributed by atoms with Crippen LogP contribution in [0.2, 0.25) is 0 Å². The Morgan fingerprint density at radius 3 is 2.71 bits per heavy atom. The lowest BCUT2D eigenvalue weighted by Gasteiger charge is -2.18. The van der Waals surface area contributed by atoms with E-state index < -0.39 is 0 Å². The predicted octanol–water partition coefficient (Wildman–Crippen LogP) is 4.72. The Labute approximate surface area is 164 Å². The minimum atomic E-state index is 0.632. The van der Waals surface area contributed by atoms with Crippen molar-refractivity contribution in [3.8, 4) is 11.5 Å². The van der Waals surface area contributed by atoms with Crippen molar-refractivity contribution in [2.24, 2.45) is 0 Å². The van der Waals surface area contributed by atoms with E-state index in [9.17, 15) is 0 Å². The number of aromatic nitrogens is 3. The van der Waals surface area contributed by atoms with Gasteiger partial charge in [-0.3, -0.25) is 4.90 Å². The van der Waals surface area contributed by atoms with Crippen LogP contribution in [0.15, 0.2) is 65.5 Å². The zero-order chi connectivity index (χ0) is 18.9. The lowest BCUT2D eigenvalue weighted by atomic mass is 10.1. The monoisotopic (exact) mass is 372 g/mol. The molecule has 2 aromatic heterocycles. The number of oxazole rings is 1. The molecule has 28 heavy (non-hydrogen) atoms. The van der Waals surface area contributed by atoms with Crippen LogP contribution in [0.4, 0.5) is 0 Å². The normalized spacial score (nSPS) is 17.5. The molecule has 142 valence electrons. The number of hydrogen-bond acceptors (Lipinski definition) is 4. The average molecular weight is 372 g/mol. The lowest BCUT2D eigenvalue weighted by Crippen LogP contribution is -2.25. The molecular formula is C23H24N4O. The van der Waals surface area contributed by atoms with E-state index in [1.807, 2.05) is 30.7 Å². The second-order valence-corrected chi connectivity index (χ2v) is 7.65. The third kappa shape index (κ3) is 3.34. The van der Waals surface area contributed by atoms with Gasteiger partial charge in [0, 0.05) is 18.2 Å². The smallest absolute Gasteiger partial charge is 0.226 e. The van der Waals surface area contributed by atoms with Gasteiger partial charge in [-0.15, -0.1) is 0 Å². The summed E-state index contributed by atoms with van der Waals surface area (Å²) < 4.78 is 8.19. The molecule has 4 aromatic rings. The van der Waals surface area contributed by atoms with Gasteiger partial charge in [-0.25, -0.2) is 9.97 Å². The molecule has 3 heterocycles. The van der Waals surface area contributed by atoms with Crippen LogP contribution in [0.5, 0.6) is 0 Å². The number of benzene rings is 2. The van der Waals surface area contributed by atoms with Gasteiger partial charge in [-0.05, 0) is 56.1 Å². The number of hydrogen-bond donors (Lipinski definition) is 0. The van der Waals surface area contributed by atoms with Crippen molar-refractivity contribution in [3.63, 3.8) is 0 Å². The quantitative estimate of drug-likeness (QED) is 0.508. The number of fused-ring (bicyclic) bond motifs is 1. The molecule has 5 heteroatoms. The fraction of sp³-hybridized carbons (Fsp3) is 0.304. The van der Waals surface area contributed by atoms with Crippen LogP contribution in [0.1, 0.15) is 31.1 Å². The first kappa shape index (κ1) is 17.2. The van der Waals surface area contributed by atoms with Gasteiger partial charge in [0.15, 0.2) is 0 Å². The molecule has 0 spiro atoms. The zero-order valence-electron chi connectivity index (χ0n) is 16.1. The summed E-state index contributed by atoms with van der Waals surface area (Å²) in [7, 11) is 0. The van der Waals surface area contributed by atoms with Crippen molar-refractivity contribution in [2.75, 3.05) is 6.54 Å². The second-order valence-electron chi connectivity index (χ2n) is 7.65. The van der Waals surface area contributed by atoms with Crippen LogP contribution >= 0.6 is 0 Å². The zero-order valence-corrected chi connectivity index (χ0v) is 16.1. The third-order valence-corrected chi connectivity index (χ3v) is 5.68. The van der Waals surface area contributed by atoms with E-state index in [0.29, 0.717) is 11.9 Å². The fourth-order valence-corrected chi connectivity index (χ4v) is 4.03. The highest BCUT2D eigenvalue weighted by Crippen LogP contribution is 2.24. The van der Waals surface area contributed by atoms with Crippen molar-refractivity contribution >= 4 is 11.0 Å². The number of nitrogens with zero attached hydrogens (tertiary/aromatic N) is 4. The van der Waals surface area contributed by atoms with Gasteiger partial charge in [0.05, 0.1) is 30.1 Å². The SMILES string of the molecule is C[C@H]1CCCN1Cc1cnc(-c2ccc(Cn3cnc4ccccc43)cc2)o1. The molecule has 1 aliphatic heterocycles. The van der Waals surface area contributed by atoms with E-state index >= 15 is 0 Å². The van der Waals surface area contributed by atoms with Gasteiger partial charge in [0.2, 0.25) is 5.89 Å². The van der Waals surface area contributed by atoms with E-state index in [0.717, 1.165) is 42.0 Å². The van der Waals surface area contributed by atoms with Gasteiger partial charge in [-0.2, -0.15) is 0 Å². The van der Waals surface area contributed by atoms with Gasteiger partial charge in [-0.1, -0.05) is 24.3 Å². The molecule has 5 rings (SSSR count). The van der Waals surface area contributed by atoms with E-state index in [4.69, 9.17) is 4.42 Å². The van der Waals surface area contributed by atoms with E-state index in [1.54, 1.807) is 0 Å². The molecule has 1 saturated heterocycles. The molecule has 1 atom stereocenters. The minimum absolute atomic E-state index is 0.632. The molecule has 0 amide bonds. The molecule has 0 saturated carbocycles. The molecule has 0 N–H and O–H groups in total. The molecule has 1 aliphatic rings. The first-order chi connectivity index (χ1) is 13.8. The number of para-hydroxylation sites is 2. The molecule has 0 radical (unpaired) electrons. The molecule has 0 unspecified atom stereocenters. The third-order valence-electron chi connectivity index (χ3n) is 5.68. The van der Waals surface area contributed by atoms with Crippen molar-refractivity contribution in [1.82, 2.24) is 19.4 Å². The van der Waals surface area contributed by atoms with Gasteiger partial charge in [0.25, 0.3) is 0 Å². The number of likely N-dealkylation sites (tertiary alicyclic amines) is 1. The number of imidazole rings is 1. The number of rotatable bonds is 5. The summed E-state index contributed by atoms with van der Waals surface area (Å²) >= 11 is 0. The molecule has 0 aliphatic carbocycles. The molecule has 0 bridgehead atoms. The van der Waals surface area contributed by atoms with E-state index in [1.165, 1.54) is 18.4 Å². The fourth-order valence-electron chi connectivity index (χ4n) is 4.03. The Morgan fingerprint density at radius 1 is 1.04 bits per heavy atom. The Morgan fingerprint density at radius 2 is 1.89 bits per heavy atom.